The number of rotatable bonds is 9. The van der Waals surface area contributed by atoms with Crippen LogP contribution in [0.4, 0.5) is 0 Å². The first-order valence-electron chi connectivity index (χ1n) is 6.61. The molecular weight excluding hydrogens is 244 g/mol. The van der Waals surface area contributed by atoms with E-state index in [9.17, 15) is 9.90 Å². The maximum Gasteiger partial charge on any atom is 0.306 e. The van der Waals surface area contributed by atoms with Crippen molar-refractivity contribution in [3.05, 3.63) is 29.8 Å². The summed E-state index contributed by atoms with van der Waals surface area (Å²) in [7, 11) is 1.60. The van der Waals surface area contributed by atoms with Crippen molar-refractivity contribution in [3.63, 3.8) is 0 Å². The van der Waals surface area contributed by atoms with E-state index in [2.05, 4.69) is 0 Å². The van der Waals surface area contributed by atoms with E-state index in [1.165, 1.54) is 0 Å². The van der Waals surface area contributed by atoms with Crippen LogP contribution in [0.1, 0.15) is 25.3 Å². The molecule has 1 rings (SSSR count). The monoisotopic (exact) mass is 266 g/mol. The summed E-state index contributed by atoms with van der Waals surface area (Å²) in [6.07, 6.45) is 1.87. The van der Waals surface area contributed by atoms with Crippen LogP contribution in [-0.2, 0) is 16.0 Å². The minimum Gasteiger partial charge on any atom is -0.496 e. The van der Waals surface area contributed by atoms with Crippen molar-refractivity contribution in [2.75, 3.05) is 20.3 Å². The first-order chi connectivity index (χ1) is 9.19. The van der Waals surface area contributed by atoms with E-state index in [-0.39, 0.29) is 0 Å². The fourth-order valence-electron chi connectivity index (χ4n) is 2.03. The number of carboxylic acid groups (broad SMARTS) is 1. The molecule has 0 fully saturated rings. The molecule has 0 aliphatic heterocycles. The average Bonchev–Trinajstić information content (AvgIpc) is 2.42. The number of ether oxygens (including phenoxy) is 2. The largest absolute Gasteiger partial charge is 0.496 e. The van der Waals surface area contributed by atoms with Crippen molar-refractivity contribution in [2.24, 2.45) is 5.92 Å². The molecule has 0 amide bonds. The highest BCUT2D eigenvalue weighted by atomic mass is 16.5. The number of aliphatic carboxylic acids is 1. The summed E-state index contributed by atoms with van der Waals surface area (Å²) in [5.41, 5.74) is 0.939. The van der Waals surface area contributed by atoms with Gasteiger partial charge >= 0.3 is 5.97 Å². The number of carbonyl (C=O) groups is 1. The van der Waals surface area contributed by atoms with Gasteiger partial charge in [0.15, 0.2) is 0 Å². The normalized spacial score (nSPS) is 12.1. The Labute approximate surface area is 114 Å². The number of benzene rings is 1. The molecule has 0 saturated carbocycles. The molecule has 19 heavy (non-hydrogen) atoms. The highest BCUT2D eigenvalue weighted by Gasteiger charge is 2.19. The molecule has 106 valence electrons. The van der Waals surface area contributed by atoms with E-state index in [1.54, 1.807) is 7.11 Å². The summed E-state index contributed by atoms with van der Waals surface area (Å²) in [4.78, 5) is 11.3. The Morgan fingerprint density at radius 2 is 2.11 bits per heavy atom. The molecule has 1 N–H and O–H groups in total. The predicted molar refractivity (Wildman–Crippen MR) is 73.6 cm³/mol. The third-order valence-corrected chi connectivity index (χ3v) is 3.05. The number of para-hydroxylation sites is 1. The van der Waals surface area contributed by atoms with Gasteiger partial charge in [-0.1, -0.05) is 18.2 Å². The molecule has 0 aliphatic carbocycles. The summed E-state index contributed by atoms with van der Waals surface area (Å²) in [6, 6.07) is 7.55. The van der Waals surface area contributed by atoms with E-state index in [1.807, 2.05) is 31.2 Å². The van der Waals surface area contributed by atoms with Gasteiger partial charge in [-0.15, -0.1) is 0 Å². The Kier molecular flexibility index (Phi) is 6.97. The van der Waals surface area contributed by atoms with Crippen LogP contribution in [-0.4, -0.2) is 31.4 Å². The molecule has 1 unspecified atom stereocenters. The molecule has 1 aromatic carbocycles. The van der Waals surface area contributed by atoms with Crippen molar-refractivity contribution in [1.82, 2.24) is 0 Å². The maximum atomic E-state index is 11.3. The molecule has 0 heterocycles. The van der Waals surface area contributed by atoms with E-state index < -0.39 is 11.9 Å². The van der Waals surface area contributed by atoms with Crippen molar-refractivity contribution in [1.29, 1.82) is 0 Å². The van der Waals surface area contributed by atoms with Gasteiger partial charge in [-0.3, -0.25) is 4.79 Å². The zero-order valence-corrected chi connectivity index (χ0v) is 11.6. The van der Waals surface area contributed by atoms with Crippen molar-refractivity contribution in [3.8, 4) is 5.75 Å². The quantitative estimate of drug-likeness (QED) is 0.698. The summed E-state index contributed by atoms with van der Waals surface area (Å²) >= 11 is 0. The molecule has 0 spiro atoms. The third kappa shape index (κ3) is 5.30. The Hall–Kier alpha value is -1.55. The van der Waals surface area contributed by atoms with Crippen LogP contribution >= 0.6 is 0 Å². The summed E-state index contributed by atoms with van der Waals surface area (Å²) in [6.45, 7) is 3.22. The van der Waals surface area contributed by atoms with E-state index in [0.717, 1.165) is 17.7 Å². The van der Waals surface area contributed by atoms with Gasteiger partial charge in [0.1, 0.15) is 5.75 Å². The summed E-state index contributed by atoms with van der Waals surface area (Å²) < 4.78 is 10.5. The Morgan fingerprint density at radius 1 is 1.37 bits per heavy atom. The van der Waals surface area contributed by atoms with Crippen LogP contribution < -0.4 is 4.74 Å². The average molecular weight is 266 g/mol. The van der Waals surface area contributed by atoms with Crippen LogP contribution in [0.15, 0.2) is 24.3 Å². The molecule has 0 saturated heterocycles. The first kappa shape index (κ1) is 15.5. The first-order valence-corrected chi connectivity index (χ1v) is 6.61. The Morgan fingerprint density at radius 3 is 2.74 bits per heavy atom. The van der Waals surface area contributed by atoms with Crippen LogP contribution in [0.2, 0.25) is 0 Å². The van der Waals surface area contributed by atoms with Gasteiger partial charge in [-0.05, 0) is 37.8 Å². The fraction of sp³-hybridized carbons (Fsp3) is 0.533. The molecule has 1 atom stereocenters. The van der Waals surface area contributed by atoms with Gasteiger partial charge in [-0.25, -0.2) is 0 Å². The van der Waals surface area contributed by atoms with E-state index in [0.29, 0.717) is 26.1 Å². The topological polar surface area (TPSA) is 55.8 Å². The predicted octanol–water partition coefficient (Wildman–Crippen LogP) is 2.76. The van der Waals surface area contributed by atoms with E-state index in [4.69, 9.17) is 9.47 Å². The molecule has 4 nitrogen and oxygen atoms in total. The molecule has 0 aromatic heterocycles. The third-order valence-electron chi connectivity index (χ3n) is 3.05. The van der Waals surface area contributed by atoms with Gasteiger partial charge in [0.2, 0.25) is 0 Å². The lowest BCUT2D eigenvalue weighted by atomic mass is 9.94. The molecule has 0 radical (unpaired) electrons. The standard InChI is InChI=1S/C15H22O4/c1-3-19-10-6-8-13(15(16)17)11-12-7-4-5-9-14(12)18-2/h4-5,7,9,13H,3,6,8,10-11H2,1-2H3,(H,16,17). The summed E-state index contributed by atoms with van der Waals surface area (Å²) in [5, 5.41) is 9.27. The number of hydrogen-bond acceptors (Lipinski definition) is 3. The minimum atomic E-state index is -0.762. The highest BCUT2D eigenvalue weighted by molar-refractivity contribution is 5.70. The van der Waals surface area contributed by atoms with Crippen molar-refractivity contribution >= 4 is 5.97 Å². The van der Waals surface area contributed by atoms with Crippen LogP contribution in [0.5, 0.6) is 5.75 Å². The van der Waals surface area contributed by atoms with Crippen molar-refractivity contribution < 1.29 is 19.4 Å². The molecule has 0 aliphatic rings. The second-order valence-electron chi connectivity index (χ2n) is 4.39. The SMILES string of the molecule is CCOCCCC(Cc1ccccc1OC)C(=O)O. The minimum absolute atomic E-state index is 0.392. The zero-order chi connectivity index (χ0) is 14.1. The number of hydrogen-bond donors (Lipinski definition) is 1. The molecule has 4 heteroatoms. The fourth-order valence-corrected chi connectivity index (χ4v) is 2.03. The van der Waals surface area contributed by atoms with Gasteiger partial charge in [-0.2, -0.15) is 0 Å². The van der Waals surface area contributed by atoms with E-state index >= 15 is 0 Å². The van der Waals surface area contributed by atoms with Gasteiger partial charge in [0.05, 0.1) is 13.0 Å². The molecule has 1 aromatic rings. The maximum absolute atomic E-state index is 11.3. The second-order valence-corrected chi connectivity index (χ2v) is 4.39. The Balaban J connectivity index is 2.60. The number of methoxy groups -OCH3 is 1. The lowest BCUT2D eigenvalue weighted by Gasteiger charge is -2.14. The second kappa shape index (κ2) is 8.53. The van der Waals surface area contributed by atoms with Gasteiger partial charge in [0.25, 0.3) is 0 Å². The van der Waals surface area contributed by atoms with Gasteiger partial charge in [0, 0.05) is 13.2 Å². The zero-order valence-electron chi connectivity index (χ0n) is 11.6. The molecular formula is C15H22O4. The number of carboxylic acids is 1. The van der Waals surface area contributed by atoms with Crippen LogP contribution in [0.3, 0.4) is 0 Å². The summed E-state index contributed by atoms with van der Waals surface area (Å²) in [5.74, 6) is -0.405. The smallest absolute Gasteiger partial charge is 0.306 e. The Bertz CT molecular complexity index is 389. The molecule has 0 bridgehead atoms. The highest BCUT2D eigenvalue weighted by Crippen LogP contribution is 2.23. The van der Waals surface area contributed by atoms with Crippen LogP contribution in [0.25, 0.3) is 0 Å². The lowest BCUT2D eigenvalue weighted by molar-refractivity contribution is -0.142. The van der Waals surface area contributed by atoms with Crippen molar-refractivity contribution in [2.45, 2.75) is 26.2 Å². The lowest BCUT2D eigenvalue weighted by Crippen LogP contribution is -2.17. The van der Waals surface area contributed by atoms with Gasteiger partial charge < -0.3 is 14.6 Å². The van der Waals surface area contributed by atoms with Crippen LogP contribution in [0, 0.1) is 5.92 Å².